The normalized spacial score (nSPS) is 34.0. The molecule has 0 aromatic carbocycles. The van der Waals surface area contributed by atoms with E-state index in [1.807, 2.05) is 0 Å². The fourth-order valence-corrected chi connectivity index (χ4v) is 3.79. The lowest BCUT2D eigenvalue weighted by Crippen LogP contribution is -2.61. The Labute approximate surface area is 125 Å². The average molecular weight is 282 g/mol. The molecule has 4 nitrogen and oxygen atoms in total. The molecule has 0 aromatic heterocycles. The van der Waals surface area contributed by atoms with Gasteiger partial charge in [-0.15, -0.1) is 0 Å². The van der Waals surface area contributed by atoms with E-state index in [4.69, 9.17) is 5.73 Å². The molecule has 0 radical (unpaired) electrons. The van der Waals surface area contributed by atoms with Gasteiger partial charge < -0.3 is 10.6 Å². The number of hydrogen-bond donors (Lipinski definition) is 2. The zero-order valence-electron chi connectivity index (χ0n) is 13.5. The number of nitrogens with one attached hydrogen (secondary N) is 1. The molecule has 4 heteroatoms. The van der Waals surface area contributed by atoms with E-state index in [0.717, 1.165) is 38.6 Å². The maximum Gasteiger partial charge on any atom is 0.0448 e. The standard InChI is InChI=1S/C16H34N4/c1-3-5-15-6-4-8-16(14-17,9-7-15)18-20-12-10-19(2)11-13-20/h15,18H,3-14,17H2,1-2H3. The summed E-state index contributed by atoms with van der Waals surface area (Å²) in [4.78, 5) is 2.40. The second-order valence-corrected chi connectivity index (χ2v) is 6.97. The molecule has 2 fully saturated rings. The molecular formula is C16H34N4. The Balaban J connectivity index is 1.88. The molecule has 1 heterocycles. The van der Waals surface area contributed by atoms with E-state index in [1.54, 1.807) is 0 Å². The van der Waals surface area contributed by atoms with Crippen LogP contribution in [0.2, 0.25) is 0 Å². The summed E-state index contributed by atoms with van der Waals surface area (Å²) < 4.78 is 0. The Morgan fingerprint density at radius 2 is 1.90 bits per heavy atom. The highest BCUT2D eigenvalue weighted by atomic mass is 15.5. The SMILES string of the molecule is CCCC1CCCC(CN)(NN2CCN(C)CC2)CC1. The molecule has 0 spiro atoms. The fourth-order valence-electron chi connectivity index (χ4n) is 3.79. The van der Waals surface area contributed by atoms with Crippen LogP contribution in [0.15, 0.2) is 0 Å². The van der Waals surface area contributed by atoms with Crippen LogP contribution in [-0.4, -0.2) is 55.2 Å². The van der Waals surface area contributed by atoms with Crippen molar-refractivity contribution in [3.63, 3.8) is 0 Å². The summed E-state index contributed by atoms with van der Waals surface area (Å²) in [5.41, 5.74) is 10.2. The number of likely N-dealkylation sites (N-methyl/N-ethyl adjacent to an activating group) is 1. The summed E-state index contributed by atoms with van der Waals surface area (Å²) >= 11 is 0. The van der Waals surface area contributed by atoms with Crippen molar-refractivity contribution >= 4 is 0 Å². The summed E-state index contributed by atoms with van der Waals surface area (Å²) in [5.74, 6) is 0.933. The summed E-state index contributed by atoms with van der Waals surface area (Å²) in [6.45, 7) is 7.65. The van der Waals surface area contributed by atoms with Crippen molar-refractivity contribution in [3.8, 4) is 0 Å². The second kappa shape index (κ2) is 7.74. The van der Waals surface area contributed by atoms with Gasteiger partial charge in [-0.2, -0.15) is 0 Å². The minimum Gasteiger partial charge on any atom is -0.329 e. The van der Waals surface area contributed by atoms with Gasteiger partial charge in [0.25, 0.3) is 0 Å². The highest BCUT2D eigenvalue weighted by Crippen LogP contribution is 2.32. The van der Waals surface area contributed by atoms with Gasteiger partial charge >= 0.3 is 0 Å². The van der Waals surface area contributed by atoms with Crippen molar-refractivity contribution in [3.05, 3.63) is 0 Å². The predicted octanol–water partition coefficient (Wildman–Crippen LogP) is 1.82. The van der Waals surface area contributed by atoms with Crippen molar-refractivity contribution in [2.75, 3.05) is 39.8 Å². The third-order valence-corrected chi connectivity index (χ3v) is 5.29. The van der Waals surface area contributed by atoms with Crippen molar-refractivity contribution in [2.45, 2.75) is 57.4 Å². The molecule has 20 heavy (non-hydrogen) atoms. The lowest BCUT2D eigenvalue weighted by Gasteiger charge is -2.41. The smallest absolute Gasteiger partial charge is 0.0448 e. The zero-order chi connectivity index (χ0) is 14.4. The third kappa shape index (κ3) is 4.42. The minimum atomic E-state index is 0.165. The molecule has 2 unspecified atom stereocenters. The highest BCUT2D eigenvalue weighted by molar-refractivity contribution is 4.92. The maximum atomic E-state index is 6.17. The van der Waals surface area contributed by atoms with Crippen LogP contribution >= 0.6 is 0 Å². The number of hydrazine groups is 1. The summed E-state index contributed by atoms with van der Waals surface area (Å²) in [6.07, 6.45) is 9.31. The van der Waals surface area contributed by atoms with Gasteiger partial charge in [0.2, 0.25) is 0 Å². The van der Waals surface area contributed by atoms with Crippen molar-refractivity contribution in [1.82, 2.24) is 15.3 Å². The monoisotopic (exact) mass is 282 g/mol. The molecule has 2 atom stereocenters. The topological polar surface area (TPSA) is 44.5 Å². The quantitative estimate of drug-likeness (QED) is 0.755. The first-order valence-electron chi connectivity index (χ1n) is 8.59. The molecule has 118 valence electrons. The molecule has 2 rings (SSSR count). The van der Waals surface area contributed by atoms with Gasteiger partial charge in [0.15, 0.2) is 0 Å². The first-order chi connectivity index (χ1) is 9.67. The lowest BCUT2D eigenvalue weighted by molar-refractivity contribution is 0.0480. The van der Waals surface area contributed by atoms with E-state index in [0.29, 0.717) is 0 Å². The van der Waals surface area contributed by atoms with Crippen LogP contribution < -0.4 is 11.2 Å². The van der Waals surface area contributed by atoms with Gasteiger partial charge in [0.05, 0.1) is 0 Å². The Hall–Kier alpha value is -0.160. The molecule has 0 amide bonds. The van der Waals surface area contributed by atoms with E-state index in [9.17, 15) is 0 Å². The van der Waals surface area contributed by atoms with Crippen LogP contribution in [0.1, 0.15) is 51.9 Å². The Morgan fingerprint density at radius 3 is 2.55 bits per heavy atom. The van der Waals surface area contributed by atoms with E-state index in [1.165, 1.54) is 44.9 Å². The van der Waals surface area contributed by atoms with Crippen molar-refractivity contribution < 1.29 is 0 Å². The van der Waals surface area contributed by atoms with Crippen LogP contribution in [0, 0.1) is 5.92 Å². The molecule has 1 aliphatic heterocycles. The average Bonchev–Trinajstić information content (AvgIpc) is 2.66. The summed E-state index contributed by atoms with van der Waals surface area (Å²) in [5, 5.41) is 2.42. The number of nitrogens with two attached hydrogens (primary N) is 1. The number of piperazine rings is 1. The van der Waals surface area contributed by atoms with Gasteiger partial charge in [-0.25, -0.2) is 10.4 Å². The van der Waals surface area contributed by atoms with E-state index < -0.39 is 0 Å². The molecule has 1 saturated heterocycles. The lowest BCUT2D eigenvalue weighted by atomic mass is 9.89. The first-order valence-corrected chi connectivity index (χ1v) is 8.59. The van der Waals surface area contributed by atoms with Crippen molar-refractivity contribution in [1.29, 1.82) is 0 Å². The number of nitrogens with zero attached hydrogens (tertiary/aromatic N) is 2. The van der Waals surface area contributed by atoms with Gasteiger partial charge in [-0.05, 0) is 32.2 Å². The fraction of sp³-hybridized carbons (Fsp3) is 1.00. The van der Waals surface area contributed by atoms with Crippen LogP contribution in [0.5, 0.6) is 0 Å². The zero-order valence-corrected chi connectivity index (χ0v) is 13.5. The van der Waals surface area contributed by atoms with Crippen LogP contribution in [0.25, 0.3) is 0 Å². The summed E-state index contributed by atoms with van der Waals surface area (Å²) in [7, 11) is 2.21. The first kappa shape index (κ1) is 16.2. The second-order valence-electron chi connectivity index (χ2n) is 6.97. The third-order valence-electron chi connectivity index (χ3n) is 5.29. The summed E-state index contributed by atoms with van der Waals surface area (Å²) in [6, 6.07) is 0. The van der Waals surface area contributed by atoms with Crippen LogP contribution in [-0.2, 0) is 0 Å². The van der Waals surface area contributed by atoms with Crippen LogP contribution in [0.4, 0.5) is 0 Å². The van der Waals surface area contributed by atoms with Gasteiger partial charge in [0.1, 0.15) is 0 Å². The van der Waals surface area contributed by atoms with E-state index in [2.05, 4.69) is 29.3 Å². The molecule has 0 bridgehead atoms. The van der Waals surface area contributed by atoms with Gasteiger partial charge in [-0.1, -0.05) is 32.6 Å². The molecule has 1 aliphatic carbocycles. The van der Waals surface area contributed by atoms with E-state index in [-0.39, 0.29) is 5.54 Å². The van der Waals surface area contributed by atoms with Crippen molar-refractivity contribution in [2.24, 2.45) is 11.7 Å². The molecule has 1 saturated carbocycles. The molecule has 0 aromatic rings. The highest BCUT2D eigenvalue weighted by Gasteiger charge is 2.33. The molecular weight excluding hydrogens is 248 g/mol. The maximum absolute atomic E-state index is 6.17. The molecule has 3 N–H and O–H groups in total. The Morgan fingerprint density at radius 1 is 1.15 bits per heavy atom. The minimum absolute atomic E-state index is 0.165. The number of hydrogen-bond acceptors (Lipinski definition) is 4. The number of rotatable bonds is 5. The predicted molar refractivity (Wildman–Crippen MR) is 85.5 cm³/mol. The Kier molecular flexibility index (Phi) is 6.27. The molecule has 2 aliphatic rings. The van der Waals surface area contributed by atoms with E-state index >= 15 is 0 Å². The largest absolute Gasteiger partial charge is 0.329 e. The van der Waals surface area contributed by atoms with Crippen LogP contribution in [0.3, 0.4) is 0 Å². The Bertz CT molecular complexity index is 276. The van der Waals surface area contributed by atoms with Gasteiger partial charge in [0, 0.05) is 38.3 Å². The van der Waals surface area contributed by atoms with Gasteiger partial charge in [-0.3, -0.25) is 0 Å².